The van der Waals surface area contributed by atoms with Gasteiger partial charge in [0.1, 0.15) is 4.90 Å². The highest BCUT2D eigenvalue weighted by atomic mass is 32.2. The minimum Gasteiger partial charge on any atom is -0.398 e. The lowest BCUT2D eigenvalue weighted by molar-refractivity contribution is 0.567. The van der Waals surface area contributed by atoms with E-state index >= 15 is 0 Å². The highest BCUT2D eigenvalue weighted by Crippen LogP contribution is 2.24. The molecule has 1 atom stereocenters. The van der Waals surface area contributed by atoms with Gasteiger partial charge in [-0.3, -0.25) is 0 Å². The Morgan fingerprint density at radius 2 is 1.62 bits per heavy atom. The van der Waals surface area contributed by atoms with Gasteiger partial charge in [0.25, 0.3) is 0 Å². The number of rotatable bonds is 4. The Morgan fingerprint density at radius 1 is 1.05 bits per heavy atom. The number of nitrogen functional groups attached to an aromatic ring is 1. The van der Waals surface area contributed by atoms with Crippen molar-refractivity contribution in [3.05, 3.63) is 59.2 Å². The van der Waals surface area contributed by atoms with Gasteiger partial charge in [0.05, 0.1) is 5.69 Å². The number of anilines is 1. The van der Waals surface area contributed by atoms with Gasteiger partial charge in [-0.05, 0) is 49.6 Å². The summed E-state index contributed by atoms with van der Waals surface area (Å²) in [6, 6.07) is 12.4. The van der Waals surface area contributed by atoms with Gasteiger partial charge in [-0.1, -0.05) is 30.3 Å². The van der Waals surface area contributed by atoms with Gasteiger partial charge >= 0.3 is 0 Å². The van der Waals surface area contributed by atoms with Crippen LogP contribution < -0.4 is 10.5 Å². The van der Waals surface area contributed by atoms with Crippen LogP contribution >= 0.6 is 0 Å². The number of nitrogens with one attached hydrogen (secondary N) is 1. The molecule has 0 aliphatic heterocycles. The van der Waals surface area contributed by atoms with Gasteiger partial charge < -0.3 is 5.73 Å². The lowest BCUT2D eigenvalue weighted by Crippen LogP contribution is -2.27. The van der Waals surface area contributed by atoms with E-state index in [0.29, 0.717) is 0 Å². The van der Waals surface area contributed by atoms with E-state index in [1.807, 2.05) is 51.1 Å². The van der Waals surface area contributed by atoms with Crippen LogP contribution in [0.4, 0.5) is 5.69 Å². The van der Waals surface area contributed by atoms with E-state index in [1.54, 1.807) is 12.1 Å². The van der Waals surface area contributed by atoms with Crippen LogP contribution in [0.3, 0.4) is 0 Å². The smallest absolute Gasteiger partial charge is 0.243 e. The van der Waals surface area contributed by atoms with Crippen molar-refractivity contribution in [1.29, 1.82) is 0 Å². The first-order valence-corrected chi connectivity index (χ1v) is 8.23. The molecule has 0 saturated heterocycles. The van der Waals surface area contributed by atoms with Crippen LogP contribution in [0.15, 0.2) is 47.4 Å². The summed E-state index contributed by atoms with van der Waals surface area (Å²) in [4.78, 5) is 0.133. The normalized spacial score (nSPS) is 13.1. The van der Waals surface area contributed by atoms with Crippen LogP contribution in [0.25, 0.3) is 0 Å². The summed E-state index contributed by atoms with van der Waals surface area (Å²) in [5, 5.41) is 0. The second kappa shape index (κ2) is 5.87. The van der Waals surface area contributed by atoms with Crippen LogP contribution in [0.2, 0.25) is 0 Å². The van der Waals surface area contributed by atoms with Crippen molar-refractivity contribution in [3.63, 3.8) is 0 Å². The minimum atomic E-state index is -3.65. The predicted molar refractivity (Wildman–Crippen MR) is 85.5 cm³/mol. The third-order valence-corrected chi connectivity index (χ3v) is 5.14. The molecule has 21 heavy (non-hydrogen) atoms. The van der Waals surface area contributed by atoms with Crippen LogP contribution in [0.1, 0.15) is 29.7 Å². The molecule has 3 N–H and O–H groups in total. The van der Waals surface area contributed by atoms with E-state index in [0.717, 1.165) is 16.7 Å². The molecular formula is C16H20N2O2S. The molecule has 0 aliphatic carbocycles. The predicted octanol–water partition coefficient (Wildman–Crippen LogP) is 2.93. The molecule has 0 amide bonds. The zero-order valence-corrected chi connectivity index (χ0v) is 13.2. The fourth-order valence-electron chi connectivity index (χ4n) is 2.15. The maximum Gasteiger partial charge on any atom is 0.243 e. The number of hydrogen-bond acceptors (Lipinski definition) is 3. The van der Waals surface area contributed by atoms with E-state index in [1.165, 1.54) is 0 Å². The molecule has 0 saturated carbocycles. The number of nitrogens with two attached hydrogens (primary N) is 1. The Labute approximate surface area is 126 Å². The zero-order chi connectivity index (χ0) is 15.6. The molecule has 0 fully saturated rings. The highest BCUT2D eigenvalue weighted by Gasteiger charge is 2.21. The highest BCUT2D eigenvalue weighted by molar-refractivity contribution is 7.89. The number of benzene rings is 2. The summed E-state index contributed by atoms with van der Waals surface area (Å²) in [5.41, 5.74) is 8.92. The summed E-state index contributed by atoms with van der Waals surface area (Å²) in [5.74, 6) is 0. The minimum absolute atomic E-state index is 0.133. The Balaban J connectivity index is 2.33. The van der Waals surface area contributed by atoms with E-state index in [9.17, 15) is 8.42 Å². The van der Waals surface area contributed by atoms with Crippen LogP contribution in [-0.2, 0) is 10.0 Å². The molecule has 0 radical (unpaired) electrons. The molecule has 4 nitrogen and oxygen atoms in total. The topological polar surface area (TPSA) is 72.2 Å². The molecule has 0 aliphatic rings. The van der Waals surface area contributed by atoms with Gasteiger partial charge in [-0.15, -0.1) is 0 Å². The molecule has 0 heterocycles. The second-order valence-electron chi connectivity index (χ2n) is 5.23. The van der Waals surface area contributed by atoms with E-state index in [4.69, 9.17) is 5.73 Å². The van der Waals surface area contributed by atoms with Crippen molar-refractivity contribution in [2.75, 3.05) is 5.73 Å². The largest absolute Gasteiger partial charge is 0.398 e. The van der Waals surface area contributed by atoms with Crippen molar-refractivity contribution in [2.45, 2.75) is 31.7 Å². The fraction of sp³-hybridized carbons (Fsp3) is 0.250. The number of hydrogen-bond donors (Lipinski definition) is 2. The molecular weight excluding hydrogens is 284 g/mol. The molecule has 0 spiro atoms. The molecule has 112 valence electrons. The summed E-state index contributed by atoms with van der Waals surface area (Å²) in [6.45, 7) is 5.58. The molecule has 0 aromatic heterocycles. The monoisotopic (exact) mass is 304 g/mol. The summed E-state index contributed by atoms with van der Waals surface area (Å²) in [7, 11) is -3.65. The standard InChI is InChI=1S/C16H20N2O2S/c1-11-9-15(17)16(10-12(11)2)21(19,20)18-13(3)14-7-5-4-6-8-14/h4-10,13,18H,17H2,1-3H3/t13-/m0/s1. The van der Waals surface area contributed by atoms with Gasteiger partial charge in [0.2, 0.25) is 10.0 Å². The molecule has 2 aromatic carbocycles. The molecule has 2 rings (SSSR count). The Hall–Kier alpha value is -1.85. The Morgan fingerprint density at radius 3 is 2.24 bits per heavy atom. The van der Waals surface area contributed by atoms with Crippen molar-refractivity contribution in [3.8, 4) is 0 Å². The van der Waals surface area contributed by atoms with Gasteiger partial charge in [-0.2, -0.15) is 0 Å². The summed E-state index contributed by atoms with van der Waals surface area (Å²) in [6.07, 6.45) is 0. The SMILES string of the molecule is Cc1cc(N)c(S(=O)(=O)N[C@@H](C)c2ccccc2)cc1C. The summed E-state index contributed by atoms with van der Waals surface area (Å²) >= 11 is 0. The molecule has 0 unspecified atom stereocenters. The Bertz CT molecular complexity index is 740. The first kappa shape index (κ1) is 15.5. The van der Waals surface area contributed by atoms with Crippen molar-refractivity contribution in [2.24, 2.45) is 0 Å². The molecule has 0 bridgehead atoms. The third kappa shape index (κ3) is 3.43. The van der Waals surface area contributed by atoms with Crippen LogP contribution in [0, 0.1) is 13.8 Å². The quantitative estimate of drug-likeness (QED) is 0.853. The van der Waals surface area contributed by atoms with Crippen molar-refractivity contribution < 1.29 is 8.42 Å². The summed E-state index contributed by atoms with van der Waals surface area (Å²) < 4.78 is 27.7. The van der Waals surface area contributed by atoms with Gasteiger partial charge in [0.15, 0.2) is 0 Å². The second-order valence-corrected chi connectivity index (χ2v) is 6.91. The van der Waals surface area contributed by atoms with Gasteiger partial charge in [-0.25, -0.2) is 13.1 Å². The third-order valence-electron chi connectivity index (χ3n) is 3.55. The first-order valence-electron chi connectivity index (χ1n) is 6.75. The maximum absolute atomic E-state index is 12.5. The average molecular weight is 304 g/mol. The van der Waals surface area contributed by atoms with E-state index in [-0.39, 0.29) is 16.6 Å². The molecule has 2 aromatic rings. The lowest BCUT2D eigenvalue weighted by Gasteiger charge is -2.16. The number of aryl methyl sites for hydroxylation is 2. The van der Waals surface area contributed by atoms with Crippen LogP contribution in [-0.4, -0.2) is 8.42 Å². The van der Waals surface area contributed by atoms with E-state index < -0.39 is 10.0 Å². The lowest BCUT2D eigenvalue weighted by atomic mass is 10.1. The van der Waals surface area contributed by atoms with E-state index in [2.05, 4.69) is 4.72 Å². The van der Waals surface area contributed by atoms with Gasteiger partial charge in [0, 0.05) is 6.04 Å². The first-order chi connectivity index (χ1) is 9.81. The van der Waals surface area contributed by atoms with Crippen molar-refractivity contribution >= 4 is 15.7 Å². The average Bonchev–Trinajstić information content (AvgIpc) is 2.43. The van der Waals surface area contributed by atoms with Crippen molar-refractivity contribution in [1.82, 2.24) is 4.72 Å². The Kier molecular flexibility index (Phi) is 4.34. The number of sulfonamides is 1. The molecule has 5 heteroatoms. The van der Waals surface area contributed by atoms with Crippen LogP contribution in [0.5, 0.6) is 0 Å². The fourth-order valence-corrected chi connectivity index (χ4v) is 3.58. The maximum atomic E-state index is 12.5. The zero-order valence-electron chi connectivity index (χ0n) is 12.4.